The summed E-state index contributed by atoms with van der Waals surface area (Å²) in [6.45, 7) is -0.654. The molecule has 13 nitrogen and oxygen atoms in total. The number of nitrogens with zero attached hydrogens (tertiary/aromatic N) is 3. The number of aromatic nitrogens is 1. The first kappa shape index (κ1) is 33.9. The standard InChI is InChI=1S/C29H34ClFN8O5/c30-27-21(7-3-9-24(27)31)12-33-14-26(42)37-22(8-4-10-34-28(36-18-32)38-23(15-40)16-41)17-44-29(43)39-25-11-19-5-1-2-6-20(19)13-35-25/h1-3,5-7,9,11,13,22-23,33,40-41H,4,8,10,12,14-17H2,(H,37,42)(H2,34,36,38)(H,35,39,43)/t22-/m0/s1. The van der Waals surface area contributed by atoms with Crippen molar-refractivity contribution in [2.75, 3.05) is 38.2 Å². The third kappa shape index (κ3) is 11.3. The van der Waals surface area contributed by atoms with E-state index in [0.717, 1.165) is 10.8 Å². The lowest BCUT2D eigenvalue weighted by atomic mass is 10.1. The van der Waals surface area contributed by atoms with Gasteiger partial charge in [-0.3, -0.25) is 20.4 Å². The first-order chi connectivity index (χ1) is 21.3. The average Bonchev–Trinajstić information content (AvgIpc) is 3.02. The number of aliphatic imine (C=N–C) groups is 1. The molecule has 3 aromatic rings. The number of pyridine rings is 1. The third-order valence-electron chi connectivity index (χ3n) is 6.21. The molecule has 0 bridgehead atoms. The second-order valence-corrected chi connectivity index (χ2v) is 9.91. The molecule has 0 spiro atoms. The Hall–Kier alpha value is -4.55. The summed E-state index contributed by atoms with van der Waals surface area (Å²) in [6, 6.07) is 12.4. The molecule has 0 saturated carbocycles. The van der Waals surface area contributed by atoms with E-state index < -0.39 is 29.9 Å². The molecular formula is C29H34ClFN8O5. The van der Waals surface area contributed by atoms with Crippen molar-refractivity contribution in [2.24, 2.45) is 4.99 Å². The van der Waals surface area contributed by atoms with E-state index in [4.69, 9.17) is 21.6 Å². The Kier molecular flexibility index (Phi) is 14.0. The number of guanidine groups is 1. The second kappa shape index (κ2) is 18.2. The van der Waals surface area contributed by atoms with E-state index in [-0.39, 0.29) is 50.4 Å². The van der Waals surface area contributed by atoms with Crippen LogP contribution < -0.4 is 26.6 Å². The van der Waals surface area contributed by atoms with Crippen molar-refractivity contribution in [3.63, 3.8) is 0 Å². The summed E-state index contributed by atoms with van der Waals surface area (Å²) in [5, 5.41) is 42.6. The average molecular weight is 629 g/mol. The summed E-state index contributed by atoms with van der Waals surface area (Å²) in [7, 11) is 0. The molecule has 0 fully saturated rings. The molecule has 44 heavy (non-hydrogen) atoms. The highest BCUT2D eigenvalue weighted by atomic mass is 35.5. The zero-order chi connectivity index (χ0) is 31.7. The topological polar surface area (TPSA) is 193 Å². The Morgan fingerprint density at radius 3 is 2.61 bits per heavy atom. The van der Waals surface area contributed by atoms with Crippen LogP contribution in [-0.2, 0) is 16.1 Å². The van der Waals surface area contributed by atoms with E-state index in [2.05, 4.69) is 36.6 Å². The summed E-state index contributed by atoms with van der Waals surface area (Å²) in [5.41, 5.74) is 0.496. The van der Waals surface area contributed by atoms with Gasteiger partial charge in [-0.05, 0) is 35.9 Å². The molecule has 1 aromatic heterocycles. The normalized spacial score (nSPS) is 12.0. The number of anilines is 1. The predicted octanol–water partition coefficient (Wildman–Crippen LogP) is 2.00. The molecule has 1 heterocycles. The molecule has 0 aliphatic heterocycles. The molecule has 1 atom stereocenters. The highest BCUT2D eigenvalue weighted by Gasteiger charge is 2.16. The molecule has 234 valence electrons. The van der Waals surface area contributed by atoms with Gasteiger partial charge in [-0.1, -0.05) is 48.0 Å². The highest BCUT2D eigenvalue weighted by molar-refractivity contribution is 6.31. The van der Waals surface area contributed by atoms with Crippen molar-refractivity contribution in [3.05, 3.63) is 71.1 Å². The summed E-state index contributed by atoms with van der Waals surface area (Å²) in [5.74, 6) is -0.578. The molecule has 0 saturated heterocycles. The van der Waals surface area contributed by atoms with Crippen molar-refractivity contribution in [3.8, 4) is 6.19 Å². The summed E-state index contributed by atoms with van der Waals surface area (Å²) in [6.07, 6.45) is 3.36. The quantitative estimate of drug-likeness (QED) is 0.0430. The Bertz CT molecular complexity index is 1470. The number of amides is 2. The molecule has 0 radical (unpaired) electrons. The largest absolute Gasteiger partial charge is 0.447 e. The van der Waals surface area contributed by atoms with Gasteiger partial charge in [-0.2, -0.15) is 5.26 Å². The van der Waals surface area contributed by atoms with Crippen molar-refractivity contribution in [1.29, 1.82) is 5.26 Å². The van der Waals surface area contributed by atoms with Gasteiger partial charge in [0, 0.05) is 24.7 Å². The fourth-order valence-corrected chi connectivity index (χ4v) is 4.18. The minimum Gasteiger partial charge on any atom is -0.447 e. The van der Waals surface area contributed by atoms with Gasteiger partial charge in [-0.25, -0.2) is 14.2 Å². The molecule has 2 aromatic carbocycles. The smallest absolute Gasteiger partial charge is 0.412 e. The van der Waals surface area contributed by atoms with Gasteiger partial charge in [0.05, 0.1) is 36.9 Å². The predicted molar refractivity (Wildman–Crippen MR) is 163 cm³/mol. The molecular weight excluding hydrogens is 595 g/mol. The number of aliphatic hydroxyl groups is 2. The van der Waals surface area contributed by atoms with Gasteiger partial charge in [0.15, 0.2) is 6.19 Å². The van der Waals surface area contributed by atoms with Crippen LogP contribution in [0.5, 0.6) is 0 Å². The highest BCUT2D eigenvalue weighted by Crippen LogP contribution is 2.19. The van der Waals surface area contributed by atoms with Gasteiger partial charge >= 0.3 is 6.09 Å². The number of hydrogen-bond acceptors (Lipinski definition) is 9. The number of nitrogens with one attached hydrogen (secondary N) is 5. The zero-order valence-corrected chi connectivity index (χ0v) is 24.5. The van der Waals surface area contributed by atoms with E-state index >= 15 is 0 Å². The van der Waals surface area contributed by atoms with Crippen molar-refractivity contribution < 1.29 is 28.9 Å². The monoisotopic (exact) mass is 628 g/mol. The Morgan fingerprint density at radius 2 is 1.86 bits per heavy atom. The number of nitriles is 1. The fraction of sp³-hybridized carbons (Fsp3) is 0.345. The van der Waals surface area contributed by atoms with Crippen LogP contribution in [-0.4, -0.2) is 78.2 Å². The van der Waals surface area contributed by atoms with Crippen LogP contribution in [0.1, 0.15) is 18.4 Å². The first-order valence-corrected chi connectivity index (χ1v) is 14.1. The third-order valence-corrected chi connectivity index (χ3v) is 6.63. The van der Waals surface area contributed by atoms with Crippen LogP contribution in [0.2, 0.25) is 5.02 Å². The number of carbonyl (C=O) groups is 2. The number of benzene rings is 2. The molecule has 3 rings (SSSR count). The van der Waals surface area contributed by atoms with E-state index in [0.29, 0.717) is 24.2 Å². The van der Waals surface area contributed by atoms with Gasteiger partial charge in [0.2, 0.25) is 11.9 Å². The van der Waals surface area contributed by atoms with Crippen LogP contribution >= 0.6 is 11.6 Å². The van der Waals surface area contributed by atoms with Crippen LogP contribution in [0.15, 0.2) is 59.7 Å². The number of carbonyl (C=O) groups excluding carboxylic acids is 2. The lowest BCUT2D eigenvalue weighted by molar-refractivity contribution is -0.121. The minimum atomic E-state index is -0.757. The van der Waals surface area contributed by atoms with E-state index in [1.807, 2.05) is 24.3 Å². The SMILES string of the molecule is N#CNC(=NCCC[C@@H](COC(=O)Nc1cc2ccccc2cn1)NC(=O)CNCc1cccc(F)c1Cl)NC(CO)CO. The maximum atomic E-state index is 13.7. The maximum absolute atomic E-state index is 13.7. The summed E-state index contributed by atoms with van der Waals surface area (Å²) < 4.78 is 19.1. The minimum absolute atomic E-state index is 0.0248. The van der Waals surface area contributed by atoms with Crippen molar-refractivity contribution in [1.82, 2.24) is 26.3 Å². The van der Waals surface area contributed by atoms with Gasteiger partial charge in [0.1, 0.15) is 18.2 Å². The summed E-state index contributed by atoms with van der Waals surface area (Å²) >= 11 is 5.97. The number of halogens is 2. The number of fused-ring (bicyclic) bond motifs is 1. The Labute approximate surface area is 258 Å². The zero-order valence-electron chi connectivity index (χ0n) is 23.7. The van der Waals surface area contributed by atoms with Crippen molar-refractivity contribution in [2.45, 2.75) is 31.5 Å². The second-order valence-electron chi connectivity index (χ2n) is 9.54. The van der Waals surface area contributed by atoms with E-state index in [1.165, 1.54) is 12.1 Å². The number of rotatable bonds is 15. The van der Waals surface area contributed by atoms with E-state index in [9.17, 15) is 24.2 Å². The Morgan fingerprint density at radius 1 is 1.09 bits per heavy atom. The van der Waals surface area contributed by atoms with Crippen molar-refractivity contribution >= 4 is 46.2 Å². The number of aliphatic hydroxyl groups excluding tert-OH is 2. The van der Waals surface area contributed by atoms with Crippen LogP contribution in [0.4, 0.5) is 15.0 Å². The lowest BCUT2D eigenvalue weighted by Crippen LogP contribution is -2.45. The first-order valence-electron chi connectivity index (χ1n) is 13.7. The molecule has 0 unspecified atom stereocenters. The van der Waals surface area contributed by atoms with Gasteiger partial charge in [0.25, 0.3) is 0 Å². The van der Waals surface area contributed by atoms with Crippen LogP contribution in [0, 0.1) is 17.3 Å². The molecule has 2 amide bonds. The van der Waals surface area contributed by atoms with Gasteiger partial charge in [-0.15, -0.1) is 0 Å². The number of hydrogen-bond donors (Lipinski definition) is 7. The lowest BCUT2D eigenvalue weighted by Gasteiger charge is -2.19. The van der Waals surface area contributed by atoms with E-state index in [1.54, 1.807) is 24.5 Å². The van der Waals surface area contributed by atoms with Gasteiger partial charge < -0.3 is 30.9 Å². The van der Waals surface area contributed by atoms with Crippen LogP contribution in [0.25, 0.3) is 10.8 Å². The fourth-order valence-electron chi connectivity index (χ4n) is 3.99. The maximum Gasteiger partial charge on any atom is 0.412 e. The molecule has 15 heteroatoms. The van der Waals surface area contributed by atoms with Crippen LogP contribution in [0.3, 0.4) is 0 Å². The molecule has 0 aliphatic carbocycles. The molecule has 7 N–H and O–H groups in total. The number of ether oxygens (including phenoxy) is 1. The molecule has 0 aliphatic rings. The summed E-state index contributed by atoms with van der Waals surface area (Å²) in [4.78, 5) is 33.7. The Balaban J connectivity index is 1.57.